The summed E-state index contributed by atoms with van der Waals surface area (Å²) in [6.45, 7) is 1.97. The molecule has 3 aromatic rings. The van der Waals surface area contributed by atoms with E-state index in [0.717, 1.165) is 41.3 Å². The predicted molar refractivity (Wildman–Crippen MR) is 131 cm³/mol. The van der Waals surface area contributed by atoms with Crippen molar-refractivity contribution in [3.63, 3.8) is 0 Å². The first-order chi connectivity index (χ1) is 16.1. The van der Waals surface area contributed by atoms with E-state index in [9.17, 15) is 4.79 Å². The molecular weight excluding hydrogens is 434 g/mol. The number of hydrogen-bond donors (Lipinski definition) is 2. The molecule has 33 heavy (non-hydrogen) atoms. The second-order valence-corrected chi connectivity index (χ2v) is 8.43. The summed E-state index contributed by atoms with van der Waals surface area (Å²) in [4.78, 5) is 21.3. The number of aromatic nitrogens is 2. The molecule has 0 spiro atoms. The van der Waals surface area contributed by atoms with Gasteiger partial charge in [0.25, 0.3) is 0 Å². The van der Waals surface area contributed by atoms with Crippen molar-refractivity contribution in [1.82, 2.24) is 9.97 Å². The molecule has 166 valence electrons. The molecule has 1 aliphatic rings. The third-order valence-corrected chi connectivity index (χ3v) is 5.84. The molecule has 2 heterocycles. The van der Waals surface area contributed by atoms with Crippen molar-refractivity contribution in [3.8, 4) is 17.7 Å². The van der Waals surface area contributed by atoms with E-state index in [4.69, 9.17) is 10.00 Å². The summed E-state index contributed by atoms with van der Waals surface area (Å²) in [6.07, 6.45) is 4.95. The van der Waals surface area contributed by atoms with Crippen LogP contribution in [0.5, 0.6) is 11.6 Å². The van der Waals surface area contributed by atoms with Crippen molar-refractivity contribution in [3.05, 3.63) is 77.5 Å². The molecule has 0 aliphatic carbocycles. The highest BCUT2D eigenvalue weighted by molar-refractivity contribution is 7.98. The fraction of sp³-hybridized carbons (Fsp3) is 0.200. The van der Waals surface area contributed by atoms with Crippen molar-refractivity contribution in [2.45, 2.75) is 25.5 Å². The summed E-state index contributed by atoms with van der Waals surface area (Å²) < 4.78 is 6.18. The first-order valence-corrected chi connectivity index (χ1v) is 11.8. The van der Waals surface area contributed by atoms with E-state index in [2.05, 4.69) is 26.7 Å². The number of amides is 1. The minimum atomic E-state index is -0.184. The van der Waals surface area contributed by atoms with Crippen LogP contribution in [-0.4, -0.2) is 21.6 Å². The van der Waals surface area contributed by atoms with Crippen molar-refractivity contribution in [2.75, 3.05) is 16.4 Å². The number of nitrogens with zero attached hydrogens (tertiary/aromatic N) is 3. The van der Waals surface area contributed by atoms with Gasteiger partial charge >= 0.3 is 0 Å². The van der Waals surface area contributed by atoms with Gasteiger partial charge in [0.1, 0.15) is 5.75 Å². The average molecular weight is 458 g/mol. The van der Waals surface area contributed by atoms with E-state index in [1.54, 1.807) is 24.3 Å². The van der Waals surface area contributed by atoms with Crippen LogP contribution in [0.4, 0.5) is 17.3 Å². The lowest BCUT2D eigenvalue weighted by Crippen LogP contribution is -2.11. The monoisotopic (exact) mass is 457 g/mol. The number of ether oxygens (including phenoxy) is 1. The van der Waals surface area contributed by atoms with Crippen LogP contribution in [0.2, 0.25) is 0 Å². The van der Waals surface area contributed by atoms with E-state index in [1.807, 2.05) is 49.0 Å². The zero-order valence-corrected chi connectivity index (χ0v) is 19.0. The number of anilines is 3. The number of nitrogens with one attached hydrogen (secondary N) is 2. The molecule has 0 saturated heterocycles. The number of nitriles is 1. The van der Waals surface area contributed by atoms with Gasteiger partial charge in [-0.05, 0) is 55.0 Å². The van der Waals surface area contributed by atoms with Gasteiger partial charge < -0.3 is 15.4 Å². The summed E-state index contributed by atoms with van der Waals surface area (Å²) in [6, 6.07) is 16.5. The van der Waals surface area contributed by atoms with Crippen LogP contribution in [0.1, 0.15) is 30.2 Å². The molecule has 0 bridgehead atoms. The van der Waals surface area contributed by atoms with Gasteiger partial charge in [-0.15, -0.1) is 0 Å². The topological polar surface area (TPSA) is 99.9 Å². The Morgan fingerprint density at radius 3 is 2.91 bits per heavy atom. The molecule has 7 nitrogen and oxygen atoms in total. The predicted octanol–water partition coefficient (Wildman–Crippen LogP) is 5.58. The van der Waals surface area contributed by atoms with Crippen molar-refractivity contribution >= 4 is 35.0 Å². The second kappa shape index (κ2) is 10.7. The molecule has 1 amide bonds. The van der Waals surface area contributed by atoms with Crippen molar-refractivity contribution in [1.29, 1.82) is 5.26 Å². The van der Waals surface area contributed by atoms with Crippen LogP contribution in [0, 0.1) is 11.3 Å². The first-order valence-electron chi connectivity index (χ1n) is 10.6. The lowest BCUT2D eigenvalue weighted by Gasteiger charge is -2.19. The van der Waals surface area contributed by atoms with E-state index in [0.29, 0.717) is 28.8 Å². The molecule has 0 radical (unpaired) electrons. The number of thioether (sulfide) groups is 1. The molecule has 2 aromatic carbocycles. The summed E-state index contributed by atoms with van der Waals surface area (Å²) in [5.74, 6) is 3.05. The van der Waals surface area contributed by atoms with Crippen molar-refractivity contribution < 1.29 is 9.53 Å². The number of hydrogen-bond acceptors (Lipinski definition) is 7. The van der Waals surface area contributed by atoms with E-state index >= 15 is 0 Å². The Morgan fingerprint density at radius 2 is 2.06 bits per heavy atom. The highest BCUT2D eigenvalue weighted by atomic mass is 32.2. The number of carbonyl (C=O) groups excluding carboxylic acids is 1. The van der Waals surface area contributed by atoms with Crippen molar-refractivity contribution in [2.24, 2.45) is 0 Å². The number of rotatable bonds is 7. The van der Waals surface area contributed by atoms with Crippen LogP contribution < -0.4 is 15.4 Å². The maximum Gasteiger partial charge on any atom is 0.248 e. The molecule has 1 aromatic heterocycles. The van der Waals surface area contributed by atoms with Gasteiger partial charge in [-0.25, -0.2) is 4.98 Å². The van der Waals surface area contributed by atoms with E-state index < -0.39 is 0 Å². The number of benzene rings is 2. The highest BCUT2D eigenvalue weighted by Crippen LogP contribution is 2.34. The Hall–Kier alpha value is -3.83. The van der Waals surface area contributed by atoms with Crippen LogP contribution in [-0.2, 0) is 17.0 Å². The van der Waals surface area contributed by atoms with E-state index in [1.165, 1.54) is 6.08 Å². The summed E-state index contributed by atoms with van der Waals surface area (Å²) in [5.41, 5.74) is 3.85. The quantitative estimate of drug-likeness (QED) is 0.447. The summed E-state index contributed by atoms with van der Waals surface area (Å²) >= 11 is 1.82. The number of allylic oxidation sites excluding steroid dienone is 1. The third kappa shape index (κ3) is 5.90. The van der Waals surface area contributed by atoms with Gasteiger partial charge in [0.2, 0.25) is 17.7 Å². The average Bonchev–Trinajstić information content (AvgIpc) is 2.83. The van der Waals surface area contributed by atoms with Crippen LogP contribution in [0.25, 0.3) is 0 Å². The fourth-order valence-corrected chi connectivity index (χ4v) is 4.27. The van der Waals surface area contributed by atoms with Gasteiger partial charge in [-0.3, -0.25) is 4.79 Å². The molecule has 0 fully saturated rings. The molecule has 0 atom stereocenters. The Labute approximate surface area is 196 Å². The molecule has 4 rings (SSSR count). The largest absolute Gasteiger partial charge is 0.438 e. The lowest BCUT2D eigenvalue weighted by atomic mass is 10.2. The maximum absolute atomic E-state index is 12.0. The molecule has 0 saturated carbocycles. The summed E-state index contributed by atoms with van der Waals surface area (Å²) in [5, 5.41) is 15.2. The zero-order valence-electron chi connectivity index (χ0n) is 18.2. The standard InChI is InChI=1S/C25H23N5O2S/c1-2-3-10-23(31)27-19-8-5-9-20(14-19)32-24-21-16-33-12-11-22(21)29-25(30-24)28-18-7-4-6-17(13-18)15-26/h3-10,13-14H,2,11-12,16H2,1H3,(H,27,31)(H,28,29,30)/b10-3+. The fourth-order valence-electron chi connectivity index (χ4n) is 3.30. The Balaban J connectivity index is 1.60. The minimum absolute atomic E-state index is 0.184. The minimum Gasteiger partial charge on any atom is -0.438 e. The molecule has 1 aliphatic heterocycles. The highest BCUT2D eigenvalue weighted by Gasteiger charge is 2.20. The summed E-state index contributed by atoms with van der Waals surface area (Å²) in [7, 11) is 0. The smallest absolute Gasteiger partial charge is 0.248 e. The SMILES string of the molecule is CC/C=C/C(=O)Nc1cccc(Oc2nc(Nc3cccc(C#N)c3)nc3c2CSCC3)c1. The first kappa shape index (κ1) is 22.4. The number of carbonyl (C=O) groups is 1. The molecule has 2 N–H and O–H groups in total. The number of aryl methyl sites for hydroxylation is 1. The van der Waals surface area contributed by atoms with Gasteiger partial charge in [-0.1, -0.05) is 25.1 Å². The Bertz CT molecular complexity index is 1240. The van der Waals surface area contributed by atoms with Gasteiger partial charge in [0.05, 0.1) is 17.3 Å². The van der Waals surface area contributed by atoms with Crippen LogP contribution >= 0.6 is 11.8 Å². The maximum atomic E-state index is 12.0. The van der Waals surface area contributed by atoms with Crippen LogP contribution in [0.3, 0.4) is 0 Å². The Morgan fingerprint density at radius 1 is 1.21 bits per heavy atom. The third-order valence-electron chi connectivity index (χ3n) is 4.85. The van der Waals surface area contributed by atoms with Gasteiger partial charge in [-0.2, -0.15) is 22.0 Å². The molecule has 8 heteroatoms. The van der Waals surface area contributed by atoms with Crippen LogP contribution in [0.15, 0.2) is 60.7 Å². The van der Waals surface area contributed by atoms with E-state index in [-0.39, 0.29) is 5.91 Å². The second-order valence-electron chi connectivity index (χ2n) is 7.33. The Kier molecular flexibility index (Phi) is 7.22. The number of fused-ring (bicyclic) bond motifs is 1. The lowest BCUT2D eigenvalue weighted by molar-refractivity contribution is -0.111. The van der Waals surface area contributed by atoms with Gasteiger partial charge in [0.15, 0.2) is 0 Å². The van der Waals surface area contributed by atoms with Gasteiger partial charge in [0, 0.05) is 28.8 Å². The molecular formula is C25H23N5O2S. The molecule has 0 unspecified atom stereocenters. The zero-order chi connectivity index (χ0) is 23.0. The normalized spacial score (nSPS) is 12.6.